The lowest BCUT2D eigenvalue weighted by atomic mass is 10.2. The maximum Gasteiger partial charge on any atom is 0.432 e. The van der Waals surface area contributed by atoms with Crippen LogP contribution < -0.4 is 5.73 Å². The van der Waals surface area contributed by atoms with Crippen molar-refractivity contribution in [1.29, 1.82) is 0 Å². The highest BCUT2D eigenvalue weighted by Gasteiger charge is 2.40. The average molecular weight is 316 g/mol. The van der Waals surface area contributed by atoms with Crippen LogP contribution in [0.1, 0.15) is 0 Å². The second-order valence-electron chi connectivity index (χ2n) is 3.76. The van der Waals surface area contributed by atoms with Gasteiger partial charge in [-0.2, -0.15) is 26.3 Å². The molecule has 0 bridgehead atoms. The van der Waals surface area contributed by atoms with Gasteiger partial charge in [-0.15, -0.1) is 5.10 Å². The number of hydrazone groups is 1. The van der Waals surface area contributed by atoms with Gasteiger partial charge in [-0.25, -0.2) is 10.0 Å². The second-order valence-corrected chi connectivity index (χ2v) is 3.76. The van der Waals surface area contributed by atoms with Crippen molar-refractivity contribution in [3.05, 3.63) is 23.6 Å². The fourth-order valence-electron chi connectivity index (χ4n) is 1.30. The summed E-state index contributed by atoms with van der Waals surface area (Å²) in [5.74, 6) is -0.914. The molecule has 0 aromatic heterocycles. The molecule has 0 unspecified atom stereocenters. The Kier molecular flexibility index (Phi) is 4.86. The third kappa shape index (κ3) is 5.36. The van der Waals surface area contributed by atoms with E-state index in [1.165, 1.54) is 0 Å². The number of guanidine groups is 1. The molecular weight excluding hydrogens is 306 g/mol. The van der Waals surface area contributed by atoms with E-state index in [9.17, 15) is 26.3 Å². The lowest BCUT2D eigenvalue weighted by molar-refractivity contribution is -0.166. The summed E-state index contributed by atoms with van der Waals surface area (Å²) in [5.41, 5.74) is 3.93. The molecule has 0 aliphatic carbocycles. The van der Waals surface area contributed by atoms with Gasteiger partial charge in [0.2, 0.25) is 5.96 Å². The summed E-state index contributed by atoms with van der Waals surface area (Å²) in [4.78, 5) is 3.11. The smallest absolute Gasteiger partial charge is 0.432 e. The molecule has 0 saturated heterocycles. The van der Waals surface area contributed by atoms with E-state index >= 15 is 0 Å². The lowest BCUT2D eigenvalue weighted by Crippen LogP contribution is -2.34. The molecule has 0 saturated carbocycles. The molecule has 1 aliphatic rings. The van der Waals surface area contributed by atoms with Gasteiger partial charge < -0.3 is 10.5 Å². The number of allylic oxidation sites excluding steroid dienone is 3. The van der Waals surface area contributed by atoms with Gasteiger partial charge in [0.15, 0.2) is 6.61 Å². The highest BCUT2D eigenvalue weighted by Crippen LogP contribution is 2.32. The van der Waals surface area contributed by atoms with E-state index in [0.29, 0.717) is 11.1 Å². The maximum absolute atomic E-state index is 12.7. The minimum atomic E-state index is -4.77. The van der Waals surface area contributed by atoms with E-state index in [4.69, 9.17) is 5.73 Å². The van der Waals surface area contributed by atoms with E-state index in [0.717, 1.165) is 6.08 Å². The fraction of sp³-hybridized carbons (Fsp3) is 0.400. The number of rotatable bonds is 3. The summed E-state index contributed by atoms with van der Waals surface area (Å²) in [6.45, 7) is 0.680. The Morgan fingerprint density at radius 3 is 2.38 bits per heavy atom. The first-order chi connectivity index (χ1) is 9.53. The number of ether oxygens (including phenoxy) is 1. The number of nitrogens with two attached hydrogens (primary N) is 1. The number of halogens is 6. The Balaban J connectivity index is 2.96. The summed E-state index contributed by atoms with van der Waals surface area (Å²) >= 11 is 0. The molecule has 1 rings (SSSR count). The van der Waals surface area contributed by atoms with Crippen LogP contribution in [-0.4, -0.2) is 43.2 Å². The summed E-state index contributed by atoms with van der Waals surface area (Å²) in [7, 11) is 0. The number of hydrogen-bond acceptors (Lipinski definition) is 3. The van der Waals surface area contributed by atoms with Crippen molar-refractivity contribution in [2.45, 2.75) is 12.4 Å². The first kappa shape index (κ1) is 16.9. The summed E-state index contributed by atoms with van der Waals surface area (Å²) in [5, 5.41) is 3.65. The Morgan fingerprint density at radius 1 is 1.29 bits per heavy atom. The lowest BCUT2D eigenvalue weighted by Gasteiger charge is -2.27. The van der Waals surface area contributed by atoms with Gasteiger partial charge >= 0.3 is 12.4 Å². The fourth-order valence-corrected chi connectivity index (χ4v) is 1.30. The first-order valence-corrected chi connectivity index (χ1v) is 5.29. The largest absolute Gasteiger partial charge is 0.486 e. The number of aliphatic imine (C=N–C) groups is 1. The zero-order valence-electron chi connectivity index (χ0n) is 10.4. The molecule has 5 nitrogen and oxygen atoms in total. The summed E-state index contributed by atoms with van der Waals surface area (Å²) < 4.78 is 78.6. The summed E-state index contributed by atoms with van der Waals surface area (Å²) in [6.07, 6.45) is -8.05. The number of nitrogens with zero attached hydrogens (tertiary/aromatic N) is 3. The normalized spacial score (nSPS) is 17.2. The molecule has 2 N–H and O–H groups in total. The van der Waals surface area contributed by atoms with Crippen LogP contribution in [0.2, 0.25) is 0 Å². The summed E-state index contributed by atoms with van der Waals surface area (Å²) in [6, 6.07) is 0. The van der Waals surface area contributed by atoms with Gasteiger partial charge in [0.1, 0.15) is 11.5 Å². The van der Waals surface area contributed by atoms with Crippen LogP contribution >= 0.6 is 0 Å². The molecule has 0 atom stereocenters. The van der Waals surface area contributed by atoms with Crippen LogP contribution in [-0.2, 0) is 4.74 Å². The standard InChI is InChI=1S/C10H10F6N4O/c1-18-8(17)19-20-4-6(21-5-9(11,12)13)2-3-7(20)10(14,15)16/h2-3H,1,4-5H2,(H2,17,19). The van der Waals surface area contributed by atoms with Gasteiger partial charge in [-0.1, -0.05) is 0 Å². The zero-order chi connectivity index (χ0) is 16.3. The van der Waals surface area contributed by atoms with Crippen molar-refractivity contribution in [2.75, 3.05) is 13.2 Å². The first-order valence-electron chi connectivity index (χ1n) is 5.29. The van der Waals surface area contributed by atoms with Gasteiger partial charge in [0.05, 0.1) is 6.54 Å². The highest BCUT2D eigenvalue weighted by atomic mass is 19.4. The number of alkyl halides is 6. The van der Waals surface area contributed by atoms with Crippen LogP contribution in [0.25, 0.3) is 0 Å². The van der Waals surface area contributed by atoms with Gasteiger partial charge in [0, 0.05) is 0 Å². The molecule has 11 heteroatoms. The van der Waals surface area contributed by atoms with Gasteiger partial charge in [-0.05, 0) is 18.9 Å². The molecular formula is C10H10F6N4O. The SMILES string of the molecule is C=N/C(N)=N\N1CC(OCC(F)(F)F)=CC=C1C(F)(F)F. The maximum atomic E-state index is 12.7. The van der Waals surface area contributed by atoms with Crippen LogP contribution in [0.15, 0.2) is 33.7 Å². The Bertz CT molecular complexity index is 491. The molecule has 0 fully saturated rings. The third-order valence-corrected chi connectivity index (χ3v) is 2.11. The number of hydrogen-bond donors (Lipinski definition) is 1. The van der Waals surface area contributed by atoms with E-state index in [1.807, 2.05) is 0 Å². The van der Waals surface area contributed by atoms with Crippen molar-refractivity contribution in [2.24, 2.45) is 15.8 Å². The molecule has 0 aromatic rings. The molecule has 1 aliphatic heterocycles. The third-order valence-electron chi connectivity index (χ3n) is 2.11. The van der Waals surface area contributed by atoms with Crippen LogP contribution in [0.4, 0.5) is 26.3 Å². The van der Waals surface area contributed by atoms with Crippen molar-refractivity contribution in [3.63, 3.8) is 0 Å². The minimum Gasteiger partial charge on any atom is -0.486 e. The minimum absolute atomic E-state index is 0.343. The van der Waals surface area contributed by atoms with Crippen LogP contribution in [0.3, 0.4) is 0 Å². The van der Waals surface area contributed by atoms with Crippen molar-refractivity contribution in [1.82, 2.24) is 5.01 Å². The second kappa shape index (κ2) is 6.06. The highest BCUT2D eigenvalue weighted by molar-refractivity contribution is 5.82. The molecule has 0 spiro atoms. The monoisotopic (exact) mass is 316 g/mol. The average Bonchev–Trinajstić information content (AvgIpc) is 2.34. The van der Waals surface area contributed by atoms with Crippen molar-refractivity contribution >= 4 is 12.7 Å². The van der Waals surface area contributed by atoms with E-state index in [1.54, 1.807) is 0 Å². The van der Waals surface area contributed by atoms with Crippen LogP contribution in [0.5, 0.6) is 0 Å². The predicted molar refractivity (Wildman–Crippen MR) is 62.1 cm³/mol. The quantitative estimate of drug-likeness (QED) is 0.493. The van der Waals surface area contributed by atoms with E-state index < -0.39 is 37.2 Å². The van der Waals surface area contributed by atoms with Crippen molar-refractivity contribution in [3.8, 4) is 0 Å². The molecule has 118 valence electrons. The van der Waals surface area contributed by atoms with E-state index in [2.05, 4.69) is 21.5 Å². The topological polar surface area (TPSA) is 63.2 Å². The van der Waals surface area contributed by atoms with Gasteiger partial charge in [0.25, 0.3) is 0 Å². The Morgan fingerprint density at radius 2 is 1.90 bits per heavy atom. The van der Waals surface area contributed by atoms with Gasteiger partial charge in [-0.3, -0.25) is 0 Å². The molecule has 0 aromatic carbocycles. The van der Waals surface area contributed by atoms with Crippen molar-refractivity contribution < 1.29 is 31.1 Å². The zero-order valence-corrected chi connectivity index (χ0v) is 10.4. The van der Waals surface area contributed by atoms with Crippen LogP contribution in [0, 0.1) is 0 Å². The Hall–Kier alpha value is -2.20. The van der Waals surface area contributed by atoms with E-state index in [-0.39, 0.29) is 5.76 Å². The molecule has 1 heterocycles. The molecule has 0 radical (unpaired) electrons. The molecule has 0 amide bonds. The Labute approximate surface area is 115 Å². The predicted octanol–water partition coefficient (Wildman–Crippen LogP) is 2.14. The molecule has 21 heavy (non-hydrogen) atoms.